The molecule has 0 radical (unpaired) electrons. The molecule has 16 heavy (non-hydrogen) atoms. The normalized spacial score (nSPS) is 10.4. The second-order valence-corrected chi connectivity index (χ2v) is 4.36. The van der Waals surface area contributed by atoms with Gasteiger partial charge in [0.25, 0.3) is 0 Å². The summed E-state index contributed by atoms with van der Waals surface area (Å²) in [5.41, 5.74) is 6.14. The number of halogens is 1. The number of aryl methyl sites for hydroxylation is 1. The molecule has 0 spiro atoms. The first-order valence-electron chi connectivity index (χ1n) is 5.02. The molecule has 0 fully saturated rings. The Labute approximate surface area is 102 Å². The SMILES string of the molecule is CCCCc1cc(C(=O)O)c(N)c(O)c1Br. The Kier molecular flexibility index (Phi) is 4.18. The number of rotatable bonds is 4. The van der Waals surface area contributed by atoms with E-state index in [1.807, 2.05) is 6.92 Å². The van der Waals surface area contributed by atoms with Gasteiger partial charge in [-0.05, 0) is 40.4 Å². The van der Waals surface area contributed by atoms with Crippen molar-refractivity contribution in [3.05, 3.63) is 21.7 Å². The van der Waals surface area contributed by atoms with Gasteiger partial charge in [-0.1, -0.05) is 13.3 Å². The summed E-state index contributed by atoms with van der Waals surface area (Å²) in [6.07, 6.45) is 2.65. The Balaban J connectivity index is 3.24. The maximum Gasteiger partial charge on any atom is 0.337 e. The highest BCUT2D eigenvalue weighted by atomic mass is 79.9. The number of benzene rings is 1. The van der Waals surface area contributed by atoms with E-state index in [0.29, 0.717) is 10.9 Å². The van der Waals surface area contributed by atoms with Crippen LogP contribution in [-0.2, 0) is 6.42 Å². The molecule has 1 aromatic carbocycles. The van der Waals surface area contributed by atoms with Crippen molar-refractivity contribution in [2.75, 3.05) is 5.73 Å². The average molecular weight is 288 g/mol. The van der Waals surface area contributed by atoms with Gasteiger partial charge in [0, 0.05) is 0 Å². The Morgan fingerprint density at radius 3 is 2.69 bits per heavy atom. The molecule has 1 aromatic rings. The summed E-state index contributed by atoms with van der Waals surface area (Å²) in [6.45, 7) is 2.04. The number of unbranched alkanes of at least 4 members (excludes halogenated alkanes) is 1. The number of hydrogen-bond acceptors (Lipinski definition) is 3. The zero-order valence-electron chi connectivity index (χ0n) is 8.96. The fourth-order valence-electron chi connectivity index (χ4n) is 1.44. The molecule has 4 nitrogen and oxygen atoms in total. The van der Waals surface area contributed by atoms with Crippen LogP contribution in [0.1, 0.15) is 35.7 Å². The van der Waals surface area contributed by atoms with Crippen LogP contribution in [0.15, 0.2) is 10.5 Å². The van der Waals surface area contributed by atoms with Gasteiger partial charge in [0.15, 0.2) is 5.75 Å². The molecule has 0 saturated carbocycles. The number of nitrogen functional groups attached to an aromatic ring is 1. The lowest BCUT2D eigenvalue weighted by Gasteiger charge is -2.11. The summed E-state index contributed by atoms with van der Waals surface area (Å²) < 4.78 is 0.489. The van der Waals surface area contributed by atoms with E-state index < -0.39 is 5.97 Å². The number of nitrogens with two attached hydrogens (primary N) is 1. The van der Waals surface area contributed by atoms with Gasteiger partial charge < -0.3 is 15.9 Å². The van der Waals surface area contributed by atoms with Gasteiger partial charge in [-0.3, -0.25) is 0 Å². The summed E-state index contributed by atoms with van der Waals surface area (Å²) in [4.78, 5) is 10.9. The zero-order valence-corrected chi connectivity index (χ0v) is 10.5. The lowest BCUT2D eigenvalue weighted by Crippen LogP contribution is -2.05. The first-order valence-corrected chi connectivity index (χ1v) is 5.81. The summed E-state index contributed by atoms with van der Waals surface area (Å²) in [6, 6.07) is 1.51. The minimum Gasteiger partial charge on any atom is -0.505 e. The maximum absolute atomic E-state index is 10.9. The van der Waals surface area contributed by atoms with Crippen LogP contribution in [0.25, 0.3) is 0 Å². The molecule has 0 aliphatic heterocycles. The van der Waals surface area contributed by atoms with Crippen molar-refractivity contribution in [2.45, 2.75) is 26.2 Å². The standard InChI is InChI=1S/C11H14BrNO3/c1-2-3-4-6-5-7(11(15)16)9(13)10(14)8(6)12/h5,14H,2-4,13H2,1H3,(H,15,16). The third-order valence-corrected chi connectivity index (χ3v) is 3.27. The molecule has 4 N–H and O–H groups in total. The lowest BCUT2D eigenvalue weighted by molar-refractivity contribution is 0.0697. The van der Waals surface area contributed by atoms with E-state index >= 15 is 0 Å². The molecule has 0 atom stereocenters. The third-order valence-electron chi connectivity index (χ3n) is 2.38. The Hall–Kier alpha value is -1.23. The fraction of sp³-hybridized carbons (Fsp3) is 0.364. The minimum absolute atomic E-state index is 0.0493. The topological polar surface area (TPSA) is 83.5 Å². The predicted octanol–water partition coefficient (Wildman–Crippen LogP) is 2.78. The van der Waals surface area contributed by atoms with E-state index in [9.17, 15) is 9.90 Å². The van der Waals surface area contributed by atoms with Crippen molar-refractivity contribution in [3.63, 3.8) is 0 Å². The van der Waals surface area contributed by atoms with Crippen LogP contribution in [-0.4, -0.2) is 16.2 Å². The van der Waals surface area contributed by atoms with E-state index in [0.717, 1.165) is 18.4 Å². The van der Waals surface area contributed by atoms with Gasteiger partial charge in [0.05, 0.1) is 15.7 Å². The molecule has 0 aliphatic carbocycles. The molecule has 88 valence electrons. The van der Waals surface area contributed by atoms with Gasteiger partial charge in [-0.2, -0.15) is 0 Å². The number of phenols is 1. The highest BCUT2D eigenvalue weighted by Gasteiger charge is 2.17. The smallest absolute Gasteiger partial charge is 0.337 e. The Morgan fingerprint density at radius 2 is 2.19 bits per heavy atom. The maximum atomic E-state index is 10.9. The largest absolute Gasteiger partial charge is 0.505 e. The van der Waals surface area contributed by atoms with Crippen LogP contribution in [0.4, 0.5) is 5.69 Å². The molecule has 0 heterocycles. The quantitative estimate of drug-likeness (QED) is 0.587. The molecule has 0 amide bonds. The fourth-order valence-corrected chi connectivity index (χ4v) is 1.97. The molecule has 5 heteroatoms. The van der Waals surface area contributed by atoms with Crippen molar-refractivity contribution >= 4 is 27.6 Å². The average Bonchev–Trinajstić information content (AvgIpc) is 2.24. The number of aromatic hydroxyl groups is 1. The number of phenolic OH excluding ortho intramolecular Hbond substituents is 1. The van der Waals surface area contributed by atoms with Crippen LogP contribution < -0.4 is 5.73 Å². The van der Waals surface area contributed by atoms with E-state index in [-0.39, 0.29) is 17.0 Å². The number of carbonyl (C=O) groups is 1. The Bertz CT molecular complexity index is 418. The third kappa shape index (κ3) is 2.47. The molecular weight excluding hydrogens is 274 g/mol. The second-order valence-electron chi connectivity index (χ2n) is 3.57. The highest BCUT2D eigenvalue weighted by Crippen LogP contribution is 2.36. The van der Waals surface area contributed by atoms with Crippen LogP contribution in [0.2, 0.25) is 0 Å². The summed E-state index contributed by atoms with van der Waals surface area (Å²) >= 11 is 3.22. The number of aromatic carboxylic acids is 1. The van der Waals surface area contributed by atoms with E-state index in [1.165, 1.54) is 6.07 Å². The Morgan fingerprint density at radius 1 is 1.56 bits per heavy atom. The van der Waals surface area contributed by atoms with Crippen molar-refractivity contribution in [2.24, 2.45) is 0 Å². The number of carboxylic acid groups (broad SMARTS) is 1. The second kappa shape index (κ2) is 5.21. The monoisotopic (exact) mass is 287 g/mol. The molecular formula is C11H14BrNO3. The van der Waals surface area contributed by atoms with Gasteiger partial charge in [-0.15, -0.1) is 0 Å². The molecule has 0 bridgehead atoms. The van der Waals surface area contributed by atoms with Crippen LogP contribution in [0, 0.1) is 0 Å². The van der Waals surface area contributed by atoms with Gasteiger partial charge in [0.2, 0.25) is 0 Å². The molecule has 1 rings (SSSR count). The number of hydrogen-bond donors (Lipinski definition) is 3. The van der Waals surface area contributed by atoms with E-state index in [1.54, 1.807) is 0 Å². The van der Waals surface area contributed by atoms with Gasteiger partial charge in [-0.25, -0.2) is 4.79 Å². The van der Waals surface area contributed by atoms with Crippen molar-refractivity contribution < 1.29 is 15.0 Å². The van der Waals surface area contributed by atoms with Gasteiger partial charge >= 0.3 is 5.97 Å². The number of anilines is 1. The molecule has 0 unspecified atom stereocenters. The van der Waals surface area contributed by atoms with Gasteiger partial charge in [0.1, 0.15) is 0 Å². The molecule has 0 aromatic heterocycles. The molecule has 0 aliphatic rings. The predicted molar refractivity (Wildman–Crippen MR) is 65.8 cm³/mol. The first kappa shape index (κ1) is 12.8. The zero-order chi connectivity index (χ0) is 12.3. The summed E-state index contributed by atoms with van der Waals surface area (Å²) in [5.74, 6) is -1.32. The van der Waals surface area contributed by atoms with Crippen molar-refractivity contribution in [3.8, 4) is 5.75 Å². The minimum atomic E-state index is -1.13. The molecule has 0 saturated heterocycles. The first-order chi connectivity index (χ1) is 7.49. The van der Waals surface area contributed by atoms with E-state index in [4.69, 9.17) is 10.8 Å². The number of carboxylic acids is 1. The van der Waals surface area contributed by atoms with Crippen LogP contribution in [0.5, 0.6) is 5.75 Å². The van der Waals surface area contributed by atoms with Crippen molar-refractivity contribution in [1.82, 2.24) is 0 Å². The van der Waals surface area contributed by atoms with E-state index in [2.05, 4.69) is 15.9 Å². The summed E-state index contributed by atoms with van der Waals surface area (Å²) in [5, 5.41) is 18.6. The van der Waals surface area contributed by atoms with Crippen molar-refractivity contribution in [1.29, 1.82) is 0 Å². The van der Waals surface area contributed by atoms with Crippen LogP contribution >= 0.6 is 15.9 Å². The highest BCUT2D eigenvalue weighted by molar-refractivity contribution is 9.10. The summed E-state index contributed by atoms with van der Waals surface area (Å²) in [7, 11) is 0. The lowest BCUT2D eigenvalue weighted by atomic mass is 10.0. The van der Waals surface area contributed by atoms with Crippen LogP contribution in [0.3, 0.4) is 0 Å².